The zero-order chi connectivity index (χ0) is 22.4. The van der Waals surface area contributed by atoms with Crippen molar-refractivity contribution in [3.05, 3.63) is 78.1 Å². The maximum atomic E-state index is 13.4. The minimum atomic E-state index is -0.541. The van der Waals surface area contributed by atoms with E-state index in [4.69, 9.17) is 11.6 Å². The van der Waals surface area contributed by atoms with E-state index >= 15 is 0 Å². The number of hydrogen-bond acceptors (Lipinski definition) is 5. The average molecular weight is 441 g/mol. The summed E-state index contributed by atoms with van der Waals surface area (Å²) in [4.78, 5) is 43.0. The Kier molecular flexibility index (Phi) is 5.14. The van der Waals surface area contributed by atoms with E-state index in [2.05, 4.69) is 10.1 Å². The Balaban J connectivity index is 1.99. The summed E-state index contributed by atoms with van der Waals surface area (Å²) >= 11 is 6.28. The molecule has 10 heteroatoms. The topological polar surface area (TPSA) is 96.7 Å². The Morgan fingerprint density at radius 2 is 1.71 bits per heavy atom. The first-order chi connectivity index (χ1) is 14.7. The van der Waals surface area contributed by atoms with Crippen molar-refractivity contribution in [2.24, 2.45) is 14.1 Å². The van der Waals surface area contributed by atoms with Gasteiger partial charge >= 0.3 is 5.69 Å². The van der Waals surface area contributed by atoms with Crippen LogP contribution >= 0.6 is 11.6 Å². The molecule has 9 nitrogen and oxygen atoms in total. The van der Waals surface area contributed by atoms with Crippen molar-refractivity contribution in [1.82, 2.24) is 28.5 Å². The quantitative estimate of drug-likeness (QED) is 0.356. The third-order valence-corrected chi connectivity index (χ3v) is 5.50. The maximum absolute atomic E-state index is 13.4. The molecule has 0 radical (unpaired) electrons. The monoisotopic (exact) mass is 440 g/mol. The smallest absolute Gasteiger partial charge is 0.305 e. The lowest BCUT2D eigenvalue weighted by Gasteiger charge is -2.11. The molecular formula is C21H21ClN6O3. The van der Waals surface area contributed by atoms with Crippen molar-refractivity contribution in [3.63, 3.8) is 0 Å². The first-order valence-electron chi connectivity index (χ1n) is 9.64. The molecule has 0 saturated heterocycles. The number of imidazole rings is 1. The van der Waals surface area contributed by atoms with Crippen LogP contribution in [0.3, 0.4) is 0 Å². The molecule has 0 aliphatic carbocycles. The average Bonchev–Trinajstić information content (AvgIpc) is 3.08. The zero-order valence-electron chi connectivity index (χ0n) is 17.6. The van der Waals surface area contributed by atoms with Gasteiger partial charge in [0.2, 0.25) is 5.28 Å². The number of rotatable bonds is 4. The predicted octanol–water partition coefficient (Wildman–Crippen LogP) is 1.81. The van der Waals surface area contributed by atoms with Gasteiger partial charge in [-0.05, 0) is 31.5 Å². The third-order valence-electron chi connectivity index (χ3n) is 5.21. The molecule has 0 saturated carbocycles. The second-order valence-electron chi connectivity index (χ2n) is 7.60. The SMILES string of the molecule is CC(C)=CCn1c(Cl)nc2c1c(=O)n(Cc1nn(C)c(=O)c3ccccc13)c(=O)n2C. The van der Waals surface area contributed by atoms with Crippen LogP contribution in [0.25, 0.3) is 21.9 Å². The molecule has 4 aromatic rings. The highest BCUT2D eigenvalue weighted by Gasteiger charge is 2.20. The van der Waals surface area contributed by atoms with Gasteiger partial charge in [-0.3, -0.25) is 18.7 Å². The molecule has 3 heterocycles. The van der Waals surface area contributed by atoms with E-state index in [1.165, 1.54) is 16.3 Å². The van der Waals surface area contributed by atoms with Gasteiger partial charge in [-0.2, -0.15) is 10.1 Å². The molecule has 0 atom stereocenters. The Bertz CT molecular complexity index is 1550. The minimum absolute atomic E-state index is 0.0957. The van der Waals surface area contributed by atoms with Crippen LogP contribution in [-0.4, -0.2) is 28.5 Å². The second-order valence-corrected chi connectivity index (χ2v) is 7.94. The minimum Gasteiger partial charge on any atom is -0.305 e. The molecule has 0 aliphatic rings. The summed E-state index contributed by atoms with van der Waals surface area (Å²) in [6, 6.07) is 6.99. The fraction of sp³-hybridized carbons (Fsp3) is 0.286. The number of nitrogens with zero attached hydrogens (tertiary/aromatic N) is 6. The van der Waals surface area contributed by atoms with Gasteiger partial charge < -0.3 is 4.57 Å². The number of fused-ring (bicyclic) bond motifs is 2. The fourth-order valence-corrected chi connectivity index (χ4v) is 3.80. The van der Waals surface area contributed by atoms with Crippen molar-refractivity contribution in [1.29, 1.82) is 0 Å². The number of aryl methyl sites for hydroxylation is 2. The van der Waals surface area contributed by atoms with Gasteiger partial charge in [0.1, 0.15) is 0 Å². The van der Waals surface area contributed by atoms with E-state index in [0.717, 1.165) is 10.1 Å². The lowest BCUT2D eigenvalue weighted by Crippen LogP contribution is -2.40. The molecule has 1 aromatic carbocycles. The Morgan fingerprint density at radius 3 is 2.39 bits per heavy atom. The molecular weight excluding hydrogens is 420 g/mol. The highest BCUT2D eigenvalue weighted by Crippen LogP contribution is 2.17. The standard InChI is InChI=1S/C21H21ClN6O3/c1-12(2)9-10-27-16-17(23-20(27)22)25(3)21(31)28(19(16)30)11-15-13-7-5-6-8-14(13)18(29)26(4)24-15/h5-9H,10-11H2,1-4H3. The van der Waals surface area contributed by atoms with Gasteiger partial charge in [0.25, 0.3) is 11.1 Å². The van der Waals surface area contributed by atoms with Crippen molar-refractivity contribution in [2.45, 2.75) is 26.9 Å². The van der Waals surface area contributed by atoms with E-state index in [-0.39, 0.29) is 28.6 Å². The summed E-state index contributed by atoms with van der Waals surface area (Å²) in [6.07, 6.45) is 1.92. The van der Waals surface area contributed by atoms with Crippen LogP contribution in [-0.2, 0) is 27.2 Å². The largest absolute Gasteiger partial charge is 0.332 e. The van der Waals surface area contributed by atoms with Gasteiger partial charge in [-0.1, -0.05) is 29.8 Å². The number of allylic oxidation sites excluding steroid dienone is 2. The normalized spacial score (nSPS) is 11.4. The number of halogens is 1. The molecule has 0 N–H and O–H groups in total. The molecule has 4 rings (SSSR count). The van der Waals surface area contributed by atoms with E-state index < -0.39 is 11.2 Å². The zero-order valence-corrected chi connectivity index (χ0v) is 18.3. The number of hydrogen-bond donors (Lipinski definition) is 0. The molecule has 0 aliphatic heterocycles. The lowest BCUT2D eigenvalue weighted by atomic mass is 10.1. The van der Waals surface area contributed by atoms with E-state index in [0.29, 0.717) is 23.0 Å². The first-order valence-corrected chi connectivity index (χ1v) is 10.0. The Morgan fingerprint density at radius 1 is 1.03 bits per heavy atom. The van der Waals surface area contributed by atoms with Crippen molar-refractivity contribution in [3.8, 4) is 0 Å². The number of aromatic nitrogens is 6. The van der Waals surface area contributed by atoms with Crippen molar-refractivity contribution in [2.75, 3.05) is 0 Å². The lowest BCUT2D eigenvalue weighted by molar-refractivity contribution is 0.616. The molecule has 31 heavy (non-hydrogen) atoms. The van der Waals surface area contributed by atoms with Gasteiger partial charge in [-0.25, -0.2) is 9.48 Å². The van der Waals surface area contributed by atoms with Crippen LogP contribution in [0.2, 0.25) is 5.28 Å². The van der Waals surface area contributed by atoms with Gasteiger partial charge in [0, 0.05) is 26.0 Å². The summed E-state index contributed by atoms with van der Waals surface area (Å²) in [5, 5.41) is 5.50. The summed E-state index contributed by atoms with van der Waals surface area (Å²) < 4.78 is 5.18. The molecule has 0 unspecified atom stereocenters. The highest BCUT2D eigenvalue weighted by molar-refractivity contribution is 6.29. The Labute approximate surface area is 181 Å². The summed E-state index contributed by atoms with van der Waals surface area (Å²) in [7, 11) is 3.08. The van der Waals surface area contributed by atoms with Gasteiger partial charge in [0.05, 0.1) is 17.6 Å². The molecule has 0 spiro atoms. The van der Waals surface area contributed by atoms with Crippen LogP contribution in [0.15, 0.2) is 50.3 Å². The molecule has 0 bridgehead atoms. The van der Waals surface area contributed by atoms with Crippen LogP contribution in [0.1, 0.15) is 19.5 Å². The van der Waals surface area contributed by atoms with E-state index in [1.54, 1.807) is 35.9 Å². The first kappa shape index (κ1) is 20.8. The van der Waals surface area contributed by atoms with Gasteiger partial charge in [-0.15, -0.1) is 0 Å². The van der Waals surface area contributed by atoms with Gasteiger partial charge in [0.15, 0.2) is 11.2 Å². The van der Waals surface area contributed by atoms with Crippen LogP contribution in [0.4, 0.5) is 0 Å². The van der Waals surface area contributed by atoms with Crippen LogP contribution < -0.4 is 16.8 Å². The fourth-order valence-electron chi connectivity index (χ4n) is 3.57. The van der Waals surface area contributed by atoms with Crippen LogP contribution in [0, 0.1) is 0 Å². The van der Waals surface area contributed by atoms with Crippen molar-refractivity contribution >= 4 is 33.5 Å². The highest BCUT2D eigenvalue weighted by atomic mass is 35.5. The third kappa shape index (κ3) is 3.40. The summed E-state index contributed by atoms with van der Waals surface area (Å²) in [5.74, 6) is 0. The van der Waals surface area contributed by atoms with Crippen molar-refractivity contribution < 1.29 is 0 Å². The summed E-state index contributed by atoms with van der Waals surface area (Å²) in [5.41, 5.74) is 0.652. The van der Waals surface area contributed by atoms with Crippen LogP contribution in [0.5, 0.6) is 0 Å². The van der Waals surface area contributed by atoms with E-state index in [1.807, 2.05) is 19.9 Å². The molecule has 0 fully saturated rings. The van der Waals surface area contributed by atoms with E-state index in [9.17, 15) is 14.4 Å². The Hall–Kier alpha value is -3.46. The molecule has 0 amide bonds. The predicted molar refractivity (Wildman–Crippen MR) is 120 cm³/mol. The second kappa shape index (κ2) is 7.66. The summed E-state index contributed by atoms with van der Waals surface area (Å²) in [6.45, 7) is 4.14. The molecule has 160 valence electrons. The number of benzene rings is 1. The molecule has 3 aromatic heterocycles. The maximum Gasteiger partial charge on any atom is 0.332 e.